The number of allylic oxidation sites excluding steroid dienone is 3. The van der Waals surface area contributed by atoms with E-state index in [0.29, 0.717) is 6.42 Å². The first-order valence-corrected chi connectivity index (χ1v) is 19.6. The molecule has 1 amide bonds. The molecule has 0 saturated carbocycles. The fourth-order valence-corrected chi connectivity index (χ4v) is 5.89. The second kappa shape index (κ2) is 36.3. The first-order chi connectivity index (χ1) is 21.7. The number of amides is 1. The molecule has 0 aliphatic heterocycles. The number of rotatable bonds is 35. The smallest absolute Gasteiger partial charge is 0.220 e. The molecule has 0 aromatic carbocycles. The minimum Gasteiger partial charge on any atom is -0.394 e. The molecule has 0 aliphatic rings. The molecule has 2 unspecified atom stereocenters. The van der Waals surface area contributed by atoms with Crippen LogP contribution in [0.3, 0.4) is 0 Å². The normalized spacial score (nSPS) is 13.3. The van der Waals surface area contributed by atoms with Gasteiger partial charge in [0.2, 0.25) is 5.91 Å². The van der Waals surface area contributed by atoms with Crippen molar-refractivity contribution in [3.63, 3.8) is 0 Å². The van der Waals surface area contributed by atoms with Crippen LogP contribution in [0, 0.1) is 0 Å². The van der Waals surface area contributed by atoms with Gasteiger partial charge in [0, 0.05) is 6.42 Å². The number of hydrogen-bond donors (Lipinski definition) is 3. The Morgan fingerprint density at radius 2 is 0.909 bits per heavy atom. The lowest BCUT2D eigenvalue weighted by atomic mass is 10.0. The molecule has 0 aliphatic carbocycles. The third-order valence-corrected chi connectivity index (χ3v) is 8.91. The second-order valence-corrected chi connectivity index (χ2v) is 13.3. The summed E-state index contributed by atoms with van der Waals surface area (Å²) in [4.78, 5) is 12.1. The molecule has 0 spiro atoms. The van der Waals surface area contributed by atoms with Gasteiger partial charge in [0.1, 0.15) is 0 Å². The van der Waals surface area contributed by atoms with Crippen LogP contribution in [0.15, 0.2) is 24.3 Å². The number of carbonyl (C=O) groups is 1. The van der Waals surface area contributed by atoms with Crippen LogP contribution in [0.25, 0.3) is 0 Å². The monoisotopic (exact) mass is 620 g/mol. The molecule has 4 heteroatoms. The van der Waals surface area contributed by atoms with Crippen LogP contribution in [-0.2, 0) is 4.79 Å². The molecule has 4 nitrogen and oxygen atoms in total. The minimum absolute atomic E-state index is 0.0744. The quantitative estimate of drug-likeness (QED) is 0.0488. The van der Waals surface area contributed by atoms with Gasteiger partial charge in [-0.3, -0.25) is 4.79 Å². The molecule has 0 bridgehead atoms. The summed E-state index contributed by atoms with van der Waals surface area (Å²) in [7, 11) is 0. The Morgan fingerprint density at radius 3 is 1.30 bits per heavy atom. The van der Waals surface area contributed by atoms with E-state index in [1.807, 2.05) is 6.08 Å². The zero-order valence-corrected chi connectivity index (χ0v) is 29.7. The van der Waals surface area contributed by atoms with Crippen molar-refractivity contribution in [1.82, 2.24) is 5.32 Å². The first-order valence-electron chi connectivity index (χ1n) is 19.6. The predicted octanol–water partition coefficient (Wildman–Crippen LogP) is 11.7. The van der Waals surface area contributed by atoms with Crippen LogP contribution in [0.1, 0.15) is 206 Å². The molecule has 0 rings (SSSR count). The highest BCUT2D eigenvalue weighted by Crippen LogP contribution is 2.15. The van der Waals surface area contributed by atoms with Crippen molar-refractivity contribution in [3.05, 3.63) is 24.3 Å². The topological polar surface area (TPSA) is 69.6 Å². The van der Waals surface area contributed by atoms with Gasteiger partial charge in [-0.1, -0.05) is 186 Å². The van der Waals surface area contributed by atoms with Crippen LogP contribution < -0.4 is 5.32 Å². The van der Waals surface area contributed by atoms with Crippen molar-refractivity contribution in [2.75, 3.05) is 6.61 Å². The van der Waals surface area contributed by atoms with Gasteiger partial charge < -0.3 is 15.5 Å². The van der Waals surface area contributed by atoms with Crippen LogP contribution in [-0.4, -0.2) is 34.9 Å². The number of unbranched alkanes of at least 4 members (excludes halogenated alkanes) is 26. The average Bonchev–Trinajstić information content (AvgIpc) is 3.02. The van der Waals surface area contributed by atoms with Crippen molar-refractivity contribution >= 4 is 5.91 Å². The highest BCUT2D eigenvalue weighted by Gasteiger charge is 2.17. The van der Waals surface area contributed by atoms with Gasteiger partial charge in [-0.25, -0.2) is 0 Å². The number of aliphatic hydroxyl groups excluding tert-OH is 2. The zero-order valence-electron chi connectivity index (χ0n) is 29.7. The molecule has 44 heavy (non-hydrogen) atoms. The van der Waals surface area contributed by atoms with E-state index in [4.69, 9.17) is 0 Å². The fourth-order valence-electron chi connectivity index (χ4n) is 5.89. The van der Waals surface area contributed by atoms with Gasteiger partial charge in [0.25, 0.3) is 0 Å². The number of hydrogen-bond acceptors (Lipinski definition) is 3. The molecule has 2 atom stereocenters. The van der Waals surface area contributed by atoms with Gasteiger partial charge in [-0.15, -0.1) is 0 Å². The molecule has 260 valence electrons. The first kappa shape index (κ1) is 42.9. The molecule has 0 radical (unpaired) electrons. The maximum Gasteiger partial charge on any atom is 0.220 e. The van der Waals surface area contributed by atoms with Crippen LogP contribution >= 0.6 is 0 Å². The van der Waals surface area contributed by atoms with Gasteiger partial charge in [0.15, 0.2) is 0 Å². The molecule has 3 N–H and O–H groups in total. The maximum atomic E-state index is 12.1. The maximum absolute atomic E-state index is 12.1. The van der Waals surface area contributed by atoms with Crippen molar-refractivity contribution in [1.29, 1.82) is 0 Å². The lowest BCUT2D eigenvalue weighted by molar-refractivity contribution is -0.123. The predicted molar refractivity (Wildman–Crippen MR) is 193 cm³/mol. The molecule has 0 fully saturated rings. The number of carbonyl (C=O) groups excluding carboxylic acids is 1. The Bertz CT molecular complexity index is 632. The Kier molecular flexibility index (Phi) is 35.4. The summed E-state index contributed by atoms with van der Waals surface area (Å²) in [5.74, 6) is -0.0744. The highest BCUT2D eigenvalue weighted by atomic mass is 16.3. The number of aliphatic hydroxyl groups is 2. The van der Waals surface area contributed by atoms with Gasteiger partial charge in [-0.05, 0) is 38.5 Å². The molecule has 0 saturated heterocycles. The fraction of sp³-hybridized carbons (Fsp3) is 0.875. The van der Waals surface area contributed by atoms with Crippen LogP contribution in [0.4, 0.5) is 0 Å². The van der Waals surface area contributed by atoms with Crippen molar-refractivity contribution in [3.8, 4) is 0 Å². The molecule has 0 heterocycles. The lowest BCUT2D eigenvalue weighted by Gasteiger charge is -2.19. The van der Waals surface area contributed by atoms with Gasteiger partial charge >= 0.3 is 0 Å². The summed E-state index contributed by atoms with van der Waals surface area (Å²) in [5, 5.41) is 22.3. The van der Waals surface area contributed by atoms with Gasteiger partial charge in [-0.2, -0.15) is 0 Å². The SMILES string of the molecule is CCC/C=C/C(O)C(CO)NC(=O)CCCCCCCCCCCCCCCCCCC/C=C\CCCCCCCCCC. The zero-order chi connectivity index (χ0) is 32.2. The molecule has 0 aromatic heterocycles. The van der Waals surface area contributed by atoms with E-state index in [9.17, 15) is 15.0 Å². The summed E-state index contributed by atoms with van der Waals surface area (Å²) >= 11 is 0. The Labute approximate surface area is 275 Å². The van der Waals surface area contributed by atoms with Crippen molar-refractivity contribution < 1.29 is 15.0 Å². The van der Waals surface area contributed by atoms with Crippen molar-refractivity contribution in [2.24, 2.45) is 0 Å². The van der Waals surface area contributed by atoms with Crippen LogP contribution in [0.2, 0.25) is 0 Å². The highest BCUT2D eigenvalue weighted by molar-refractivity contribution is 5.76. The Morgan fingerprint density at radius 1 is 0.523 bits per heavy atom. The van der Waals surface area contributed by atoms with E-state index in [2.05, 4.69) is 31.3 Å². The lowest BCUT2D eigenvalue weighted by Crippen LogP contribution is -2.45. The Hall–Kier alpha value is -1.13. The summed E-state index contributed by atoms with van der Waals surface area (Å²) in [6.07, 6.45) is 46.4. The summed E-state index contributed by atoms with van der Waals surface area (Å²) in [6.45, 7) is 4.12. The van der Waals surface area contributed by atoms with Gasteiger partial charge in [0.05, 0.1) is 18.8 Å². The molecule has 0 aromatic rings. The average molecular weight is 620 g/mol. The minimum atomic E-state index is -0.831. The van der Waals surface area contributed by atoms with E-state index in [0.717, 1.165) is 25.7 Å². The molecular formula is C40H77NO3. The van der Waals surface area contributed by atoms with E-state index in [1.54, 1.807) is 6.08 Å². The second-order valence-electron chi connectivity index (χ2n) is 13.3. The summed E-state index contributed by atoms with van der Waals surface area (Å²) < 4.78 is 0. The van der Waals surface area contributed by atoms with Crippen LogP contribution in [0.5, 0.6) is 0 Å². The third kappa shape index (κ3) is 32.3. The Balaban J connectivity index is 3.31. The third-order valence-electron chi connectivity index (χ3n) is 8.91. The van der Waals surface area contributed by atoms with E-state index < -0.39 is 12.1 Å². The summed E-state index contributed by atoms with van der Waals surface area (Å²) in [6, 6.07) is -0.614. The van der Waals surface area contributed by atoms with E-state index in [1.165, 1.54) is 161 Å². The van der Waals surface area contributed by atoms with Crippen molar-refractivity contribution in [2.45, 2.75) is 219 Å². The van der Waals surface area contributed by atoms with E-state index >= 15 is 0 Å². The largest absolute Gasteiger partial charge is 0.394 e. The standard InChI is InChI=1S/C40H77NO3/c1-3-5-7-8-9-10-11-12-13-14-15-16-17-18-19-20-21-22-23-24-25-26-27-28-29-30-31-32-34-36-40(44)41-38(37-42)39(43)35-33-6-4-2/h14-15,33,35,38-39,42-43H,3-13,16-32,34,36-37H2,1-2H3,(H,41,44)/b15-14-,35-33+. The summed E-state index contributed by atoms with van der Waals surface area (Å²) in [5.41, 5.74) is 0. The van der Waals surface area contributed by atoms with E-state index in [-0.39, 0.29) is 12.5 Å². The number of nitrogens with one attached hydrogen (secondary N) is 1. The molecular weight excluding hydrogens is 542 g/mol.